The fraction of sp³-hybridized carbons (Fsp3) is 0.593. The molecule has 0 aliphatic heterocycles. The lowest BCUT2D eigenvalue weighted by Crippen LogP contribution is -2.38. The summed E-state index contributed by atoms with van der Waals surface area (Å²) in [4.78, 5) is 13.6. The first kappa shape index (κ1) is 25.0. The van der Waals surface area contributed by atoms with Crippen LogP contribution in [-0.2, 0) is 14.3 Å². The molecule has 0 heterocycles. The lowest BCUT2D eigenvalue weighted by molar-refractivity contribution is -0.179. The van der Waals surface area contributed by atoms with E-state index in [0.29, 0.717) is 28.7 Å². The molecule has 32 heavy (non-hydrogen) atoms. The Morgan fingerprint density at radius 3 is 2.50 bits per heavy atom. The third-order valence-corrected chi connectivity index (χ3v) is 6.99. The van der Waals surface area contributed by atoms with Crippen molar-refractivity contribution in [2.24, 2.45) is 17.8 Å². The summed E-state index contributed by atoms with van der Waals surface area (Å²) in [6.07, 6.45) is 1.97. The Balaban J connectivity index is 2.03. The van der Waals surface area contributed by atoms with Gasteiger partial charge in [-0.25, -0.2) is 4.79 Å². The summed E-state index contributed by atoms with van der Waals surface area (Å²) in [5.41, 5.74) is 0.702. The number of phenols is 1. The summed E-state index contributed by atoms with van der Waals surface area (Å²) in [5.74, 6) is 0.961. The van der Waals surface area contributed by atoms with Crippen molar-refractivity contribution in [2.75, 3.05) is 0 Å². The molecule has 0 radical (unpaired) electrons. The van der Waals surface area contributed by atoms with E-state index < -0.39 is 17.7 Å². The molecular formula is C27H37BrO4. The van der Waals surface area contributed by atoms with Crippen molar-refractivity contribution < 1.29 is 19.4 Å². The Morgan fingerprint density at radius 2 is 1.88 bits per heavy atom. The van der Waals surface area contributed by atoms with Gasteiger partial charge >= 0.3 is 5.97 Å². The van der Waals surface area contributed by atoms with E-state index >= 15 is 0 Å². The summed E-state index contributed by atoms with van der Waals surface area (Å²) in [7, 11) is 0. The Kier molecular flexibility index (Phi) is 7.61. The summed E-state index contributed by atoms with van der Waals surface area (Å²) in [6, 6.07) is 7.74. The van der Waals surface area contributed by atoms with Crippen molar-refractivity contribution >= 4 is 32.7 Å². The first-order chi connectivity index (χ1) is 14.9. The first-order valence-electron chi connectivity index (χ1n) is 11.7. The Hall–Kier alpha value is -1.59. The van der Waals surface area contributed by atoms with Gasteiger partial charge in [0.2, 0.25) is 0 Å². The maximum atomic E-state index is 13.6. The van der Waals surface area contributed by atoms with Crippen molar-refractivity contribution in [3.8, 4) is 5.75 Å². The van der Waals surface area contributed by atoms with Crippen LogP contribution in [0, 0.1) is 24.7 Å². The SMILES string of the molecule is Cc1cc2ccc(Br)cc2c(O)c1[C@H](OC(C)(C)C)C(=O)O[C@@H]1C[C@H](C)CC[C@H]1C(C)C. The molecule has 0 unspecified atom stereocenters. The number of hydrogen-bond donors (Lipinski definition) is 1. The van der Waals surface area contributed by atoms with E-state index in [0.717, 1.165) is 34.7 Å². The largest absolute Gasteiger partial charge is 0.507 e. The smallest absolute Gasteiger partial charge is 0.340 e. The number of carbonyl (C=O) groups excluding carboxylic acids is 1. The number of ether oxygens (including phenoxy) is 2. The van der Waals surface area contributed by atoms with Crippen molar-refractivity contribution in [1.29, 1.82) is 0 Å². The normalized spacial score (nSPS) is 22.8. The van der Waals surface area contributed by atoms with Crippen LogP contribution in [0.15, 0.2) is 28.7 Å². The standard InChI is InChI=1S/C27H37BrO4/c1-15(2)20-11-8-16(3)12-22(20)31-26(30)25(32-27(5,6)7)23-17(4)13-18-9-10-19(28)14-21(18)24(23)29/h9-10,13-16,20,22,25,29H,8,11-12H2,1-7H3/t16-,20+,22-,25+/m1/s1. The van der Waals surface area contributed by atoms with Gasteiger partial charge in [-0.2, -0.15) is 0 Å². The number of fused-ring (bicyclic) bond motifs is 1. The van der Waals surface area contributed by atoms with E-state index in [1.807, 2.05) is 52.0 Å². The molecule has 0 bridgehead atoms. The number of aromatic hydroxyl groups is 1. The van der Waals surface area contributed by atoms with E-state index in [9.17, 15) is 9.90 Å². The predicted molar refractivity (Wildman–Crippen MR) is 133 cm³/mol. The second-order valence-electron chi connectivity index (χ2n) is 10.7. The second-order valence-corrected chi connectivity index (χ2v) is 11.6. The molecule has 3 rings (SSSR count). The highest BCUT2D eigenvalue weighted by Crippen LogP contribution is 2.41. The van der Waals surface area contributed by atoms with Crippen molar-refractivity contribution in [3.63, 3.8) is 0 Å². The molecule has 0 amide bonds. The third kappa shape index (κ3) is 5.66. The van der Waals surface area contributed by atoms with Crippen LogP contribution in [0.5, 0.6) is 5.75 Å². The average molecular weight is 505 g/mol. The molecule has 2 aromatic carbocycles. The predicted octanol–water partition coefficient (Wildman–Crippen LogP) is 7.48. The number of esters is 1. The summed E-state index contributed by atoms with van der Waals surface area (Å²) < 4.78 is 13.3. The summed E-state index contributed by atoms with van der Waals surface area (Å²) in [6.45, 7) is 14.3. The molecule has 5 heteroatoms. The molecule has 4 atom stereocenters. The van der Waals surface area contributed by atoms with Crippen LogP contribution in [0.4, 0.5) is 0 Å². The molecule has 176 valence electrons. The molecule has 1 aliphatic carbocycles. The van der Waals surface area contributed by atoms with Gasteiger partial charge in [-0.15, -0.1) is 0 Å². The Morgan fingerprint density at radius 1 is 1.19 bits per heavy atom. The van der Waals surface area contributed by atoms with E-state index in [1.165, 1.54) is 0 Å². The molecule has 0 aromatic heterocycles. The zero-order valence-electron chi connectivity index (χ0n) is 20.4. The molecule has 1 N–H and O–H groups in total. The van der Waals surface area contributed by atoms with Gasteiger partial charge < -0.3 is 14.6 Å². The van der Waals surface area contributed by atoms with Gasteiger partial charge in [-0.3, -0.25) is 0 Å². The molecule has 1 saturated carbocycles. The van der Waals surface area contributed by atoms with Gasteiger partial charge in [0.15, 0.2) is 6.10 Å². The zero-order chi connectivity index (χ0) is 23.8. The van der Waals surface area contributed by atoms with Gasteiger partial charge in [-0.1, -0.05) is 55.3 Å². The second kappa shape index (κ2) is 9.72. The molecule has 1 fully saturated rings. The van der Waals surface area contributed by atoms with Gasteiger partial charge in [0.05, 0.1) is 5.60 Å². The van der Waals surface area contributed by atoms with E-state index in [-0.39, 0.29) is 11.9 Å². The van der Waals surface area contributed by atoms with Crippen molar-refractivity contribution in [2.45, 2.75) is 85.5 Å². The van der Waals surface area contributed by atoms with E-state index in [4.69, 9.17) is 9.47 Å². The van der Waals surface area contributed by atoms with E-state index in [2.05, 4.69) is 36.7 Å². The molecule has 1 aliphatic rings. The maximum Gasteiger partial charge on any atom is 0.340 e. The number of hydrogen-bond acceptors (Lipinski definition) is 4. The van der Waals surface area contributed by atoms with Crippen LogP contribution < -0.4 is 0 Å². The Bertz CT molecular complexity index is 976. The maximum absolute atomic E-state index is 13.6. The minimum absolute atomic E-state index is 0.0740. The Labute approximate surface area is 200 Å². The quantitative estimate of drug-likeness (QED) is 0.428. The van der Waals surface area contributed by atoms with Gasteiger partial charge in [0, 0.05) is 15.4 Å². The number of rotatable bonds is 5. The highest BCUT2D eigenvalue weighted by atomic mass is 79.9. The van der Waals surface area contributed by atoms with Crippen LogP contribution in [0.1, 0.15) is 78.0 Å². The molecule has 0 saturated heterocycles. The molecule has 4 nitrogen and oxygen atoms in total. The number of carbonyl (C=O) groups is 1. The lowest BCUT2D eigenvalue weighted by atomic mass is 9.75. The fourth-order valence-electron chi connectivity index (χ4n) is 4.87. The number of aryl methyl sites for hydroxylation is 1. The molecule has 2 aromatic rings. The van der Waals surface area contributed by atoms with Crippen LogP contribution in [-0.4, -0.2) is 22.8 Å². The minimum Gasteiger partial charge on any atom is -0.507 e. The highest BCUT2D eigenvalue weighted by molar-refractivity contribution is 9.10. The highest BCUT2D eigenvalue weighted by Gasteiger charge is 2.38. The number of benzene rings is 2. The topological polar surface area (TPSA) is 55.8 Å². The minimum atomic E-state index is -0.997. The number of phenolic OH excluding ortho intramolecular Hbond substituents is 1. The molecular weight excluding hydrogens is 468 g/mol. The van der Waals surface area contributed by atoms with E-state index in [1.54, 1.807) is 0 Å². The van der Waals surface area contributed by atoms with Gasteiger partial charge in [0.1, 0.15) is 11.9 Å². The van der Waals surface area contributed by atoms with Crippen LogP contribution in [0.2, 0.25) is 0 Å². The van der Waals surface area contributed by atoms with Crippen LogP contribution >= 0.6 is 15.9 Å². The fourth-order valence-corrected chi connectivity index (χ4v) is 5.23. The number of halogens is 1. The average Bonchev–Trinajstić information content (AvgIpc) is 2.66. The zero-order valence-corrected chi connectivity index (χ0v) is 22.0. The van der Waals surface area contributed by atoms with Crippen LogP contribution in [0.3, 0.4) is 0 Å². The van der Waals surface area contributed by atoms with Gasteiger partial charge in [-0.05, 0) is 81.4 Å². The molecule has 0 spiro atoms. The monoisotopic (exact) mass is 504 g/mol. The van der Waals surface area contributed by atoms with Crippen molar-refractivity contribution in [3.05, 3.63) is 39.9 Å². The first-order valence-corrected chi connectivity index (χ1v) is 12.5. The van der Waals surface area contributed by atoms with Gasteiger partial charge in [0.25, 0.3) is 0 Å². The third-order valence-electron chi connectivity index (χ3n) is 6.50. The van der Waals surface area contributed by atoms with Crippen LogP contribution in [0.25, 0.3) is 10.8 Å². The summed E-state index contributed by atoms with van der Waals surface area (Å²) in [5, 5.41) is 12.8. The lowest BCUT2D eigenvalue weighted by Gasteiger charge is -2.38. The summed E-state index contributed by atoms with van der Waals surface area (Å²) >= 11 is 3.48. The van der Waals surface area contributed by atoms with Crippen molar-refractivity contribution in [1.82, 2.24) is 0 Å².